The Morgan fingerprint density at radius 1 is 1.29 bits per heavy atom. The third kappa shape index (κ3) is 7.29. The average Bonchev–Trinajstić information content (AvgIpc) is 2.23. The number of hydrogen-bond donors (Lipinski definition) is 4. The molecule has 2 atom stereocenters. The normalized spacial score (nSPS) is 13.8. The number of nitrogens with two attached hydrogens (primary N) is 1. The van der Waals surface area contributed by atoms with Gasteiger partial charge in [-0.2, -0.15) is 0 Å². The van der Waals surface area contributed by atoms with Crippen LogP contribution >= 0.6 is 0 Å². The van der Waals surface area contributed by atoms with Crippen LogP contribution < -0.4 is 11.1 Å². The van der Waals surface area contributed by atoms with Crippen molar-refractivity contribution in [3.05, 3.63) is 0 Å². The number of amides is 1. The van der Waals surface area contributed by atoms with Gasteiger partial charge in [-0.1, -0.05) is 6.92 Å². The molecule has 0 aromatic carbocycles. The average molecular weight is 246 g/mol. The first-order valence-corrected chi connectivity index (χ1v) is 5.36. The van der Waals surface area contributed by atoms with Gasteiger partial charge in [0.15, 0.2) is 0 Å². The maximum atomic E-state index is 11.4. The molecule has 0 aromatic heterocycles. The van der Waals surface area contributed by atoms with E-state index in [1.54, 1.807) is 0 Å². The summed E-state index contributed by atoms with van der Waals surface area (Å²) in [5, 5.41) is 19.5. The van der Waals surface area contributed by atoms with Crippen molar-refractivity contribution in [2.45, 2.75) is 44.7 Å². The molecule has 1 amide bonds. The van der Waals surface area contributed by atoms with Crippen molar-refractivity contribution in [3.8, 4) is 0 Å². The van der Waals surface area contributed by atoms with Gasteiger partial charge in [-0.15, -0.1) is 0 Å². The second kappa shape index (κ2) is 7.61. The molecule has 5 N–H and O–H groups in total. The van der Waals surface area contributed by atoms with Crippen LogP contribution in [0.15, 0.2) is 0 Å². The van der Waals surface area contributed by atoms with E-state index in [-0.39, 0.29) is 25.3 Å². The van der Waals surface area contributed by atoms with Crippen molar-refractivity contribution in [3.63, 3.8) is 0 Å². The fourth-order valence-corrected chi connectivity index (χ4v) is 1.16. The Bertz CT molecular complexity index is 292. The van der Waals surface area contributed by atoms with Crippen LogP contribution in [0.3, 0.4) is 0 Å². The van der Waals surface area contributed by atoms with Gasteiger partial charge in [-0.3, -0.25) is 9.59 Å². The molecule has 17 heavy (non-hydrogen) atoms. The zero-order valence-electron chi connectivity index (χ0n) is 9.68. The standard InChI is InChI=1S/C10H18N2O5/c1-2-6(11)5-8(13)12-7(10(16)17)3-4-9(14)15/h6-7H,2-5,11H2,1H3,(H,12,13)(H,14,15)(H,16,17)/t6?,7-/m0/s1. The van der Waals surface area contributed by atoms with Crippen LogP contribution in [0.25, 0.3) is 0 Å². The summed E-state index contributed by atoms with van der Waals surface area (Å²) in [5.74, 6) is -2.82. The van der Waals surface area contributed by atoms with Crippen molar-refractivity contribution in [1.82, 2.24) is 5.32 Å². The summed E-state index contributed by atoms with van der Waals surface area (Å²) in [6, 6.07) is -1.49. The lowest BCUT2D eigenvalue weighted by molar-refractivity contribution is -0.143. The third-order valence-corrected chi connectivity index (χ3v) is 2.25. The molecule has 7 heteroatoms. The molecule has 0 saturated heterocycles. The summed E-state index contributed by atoms with van der Waals surface area (Å²) in [6.07, 6.45) is 0.197. The van der Waals surface area contributed by atoms with Gasteiger partial charge in [0.05, 0.1) is 0 Å². The van der Waals surface area contributed by atoms with Crippen LogP contribution in [0.2, 0.25) is 0 Å². The molecule has 0 aliphatic rings. The van der Waals surface area contributed by atoms with Crippen LogP contribution in [-0.2, 0) is 14.4 Å². The quantitative estimate of drug-likeness (QED) is 0.459. The molecule has 0 heterocycles. The lowest BCUT2D eigenvalue weighted by Gasteiger charge is -2.15. The minimum absolute atomic E-state index is 0.0351. The van der Waals surface area contributed by atoms with Crippen LogP contribution in [0, 0.1) is 0 Å². The van der Waals surface area contributed by atoms with E-state index in [9.17, 15) is 14.4 Å². The number of carboxylic acid groups (broad SMARTS) is 2. The fraction of sp³-hybridized carbons (Fsp3) is 0.700. The first kappa shape index (κ1) is 15.4. The Morgan fingerprint density at radius 2 is 1.88 bits per heavy atom. The van der Waals surface area contributed by atoms with Gasteiger partial charge in [0.1, 0.15) is 6.04 Å². The summed E-state index contributed by atoms with van der Waals surface area (Å²) >= 11 is 0. The highest BCUT2D eigenvalue weighted by atomic mass is 16.4. The predicted octanol–water partition coefficient (Wildman–Crippen LogP) is -0.452. The van der Waals surface area contributed by atoms with Gasteiger partial charge >= 0.3 is 11.9 Å². The van der Waals surface area contributed by atoms with E-state index in [2.05, 4.69) is 5.32 Å². The Balaban J connectivity index is 4.20. The molecule has 0 aliphatic heterocycles. The Hall–Kier alpha value is -1.63. The molecule has 0 aromatic rings. The molecule has 98 valence electrons. The number of hydrogen-bond acceptors (Lipinski definition) is 4. The number of carboxylic acids is 2. The molecule has 0 fully saturated rings. The lowest BCUT2D eigenvalue weighted by atomic mass is 10.1. The van der Waals surface area contributed by atoms with Crippen molar-refractivity contribution in [2.24, 2.45) is 5.73 Å². The van der Waals surface area contributed by atoms with Crippen molar-refractivity contribution < 1.29 is 24.6 Å². The van der Waals surface area contributed by atoms with Gasteiger partial charge in [0.2, 0.25) is 5.91 Å². The second-order valence-corrected chi connectivity index (χ2v) is 3.76. The number of nitrogens with one attached hydrogen (secondary N) is 1. The van der Waals surface area contributed by atoms with E-state index < -0.39 is 23.9 Å². The fourth-order valence-electron chi connectivity index (χ4n) is 1.16. The van der Waals surface area contributed by atoms with Gasteiger partial charge in [0.25, 0.3) is 0 Å². The molecule has 0 radical (unpaired) electrons. The van der Waals surface area contributed by atoms with Gasteiger partial charge in [0, 0.05) is 18.9 Å². The maximum Gasteiger partial charge on any atom is 0.326 e. The SMILES string of the molecule is CCC(N)CC(=O)N[C@@H](CCC(=O)O)C(=O)O. The van der Waals surface area contributed by atoms with Crippen molar-refractivity contribution >= 4 is 17.8 Å². The van der Waals surface area contributed by atoms with E-state index >= 15 is 0 Å². The highest BCUT2D eigenvalue weighted by Crippen LogP contribution is 2.00. The van der Waals surface area contributed by atoms with Gasteiger partial charge in [-0.25, -0.2) is 4.79 Å². The topological polar surface area (TPSA) is 130 Å². The van der Waals surface area contributed by atoms with Crippen LogP contribution in [0.4, 0.5) is 0 Å². The molecule has 0 spiro atoms. The zero-order chi connectivity index (χ0) is 13.4. The first-order valence-electron chi connectivity index (χ1n) is 5.36. The summed E-state index contributed by atoms with van der Waals surface area (Å²) in [6.45, 7) is 1.82. The highest BCUT2D eigenvalue weighted by Gasteiger charge is 2.21. The smallest absolute Gasteiger partial charge is 0.326 e. The van der Waals surface area contributed by atoms with Gasteiger partial charge < -0.3 is 21.3 Å². The minimum atomic E-state index is -1.25. The number of carbonyl (C=O) groups excluding carboxylic acids is 1. The predicted molar refractivity (Wildman–Crippen MR) is 59.3 cm³/mol. The molecule has 0 saturated carbocycles. The Labute approximate surface area is 99.0 Å². The van der Waals surface area contributed by atoms with Gasteiger partial charge in [-0.05, 0) is 12.8 Å². The van der Waals surface area contributed by atoms with Crippen LogP contribution in [-0.4, -0.2) is 40.1 Å². The van der Waals surface area contributed by atoms with E-state index in [0.29, 0.717) is 6.42 Å². The minimum Gasteiger partial charge on any atom is -0.481 e. The molecule has 7 nitrogen and oxygen atoms in total. The number of rotatable bonds is 8. The van der Waals surface area contributed by atoms with E-state index in [1.165, 1.54) is 0 Å². The summed E-state index contributed by atoms with van der Waals surface area (Å²) in [4.78, 5) is 32.4. The molecular weight excluding hydrogens is 228 g/mol. The van der Waals surface area contributed by atoms with Crippen LogP contribution in [0.1, 0.15) is 32.6 Å². The maximum absolute atomic E-state index is 11.4. The molecule has 1 unspecified atom stereocenters. The van der Waals surface area contributed by atoms with Crippen molar-refractivity contribution in [2.75, 3.05) is 0 Å². The zero-order valence-corrected chi connectivity index (χ0v) is 9.68. The van der Waals surface area contributed by atoms with Crippen molar-refractivity contribution in [1.29, 1.82) is 0 Å². The monoisotopic (exact) mass is 246 g/mol. The summed E-state index contributed by atoms with van der Waals surface area (Å²) in [5.41, 5.74) is 5.55. The van der Waals surface area contributed by atoms with Crippen LogP contribution in [0.5, 0.6) is 0 Å². The molecule has 0 rings (SSSR count). The first-order chi connectivity index (χ1) is 7.86. The summed E-state index contributed by atoms with van der Waals surface area (Å²) in [7, 11) is 0. The molecule has 0 bridgehead atoms. The molecule has 0 aliphatic carbocycles. The number of aliphatic carboxylic acids is 2. The van der Waals surface area contributed by atoms with E-state index in [0.717, 1.165) is 0 Å². The molecular formula is C10H18N2O5. The summed E-state index contributed by atoms with van der Waals surface area (Å²) < 4.78 is 0. The highest BCUT2D eigenvalue weighted by molar-refractivity contribution is 5.84. The lowest BCUT2D eigenvalue weighted by Crippen LogP contribution is -2.43. The van der Waals surface area contributed by atoms with E-state index in [1.807, 2.05) is 6.92 Å². The van der Waals surface area contributed by atoms with E-state index in [4.69, 9.17) is 15.9 Å². The second-order valence-electron chi connectivity index (χ2n) is 3.76. The third-order valence-electron chi connectivity index (χ3n) is 2.25. The number of carbonyl (C=O) groups is 3. The largest absolute Gasteiger partial charge is 0.481 e. The Kier molecular flexibility index (Phi) is 6.88. The Morgan fingerprint density at radius 3 is 2.29 bits per heavy atom.